The standard InChI is InChI=1S/C17H28N2O/c1-5-19(15-8-6-14(2)7-9-15)16(20)10-11-17(3,4)12-13-18/h6-9H,5,10-13,18H2,1-4H3. The number of hydrogen-bond donors (Lipinski definition) is 1. The molecule has 0 aliphatic carbocycles. The molecule has 0 saturated heterocycles. The average molecular weight is 276 g/mol. The molecule has 3 nitrogen and oxygen atoms in total. The Morgan fingerprint density at radius 1 is 1.20 bits per heavy atom. The van der Waals surface area contributed by atoms with Gasteiger partial charge in [-0.2, -0.15) is 0 Å². The maximum atomic E-state index is 12.4. The molecule has 20 heavy (non-hydrogen) atoms. The zero-order valence-electron chi connectivity index (χ0n) is 13.3. The van der Waals surface area contributed by atoms with Crippen LogP contribution < -0.4 is 10.6 Å². The smallest absolute Gasteiger partial charge is 0.226 e. The van der Waals surface area contributed by atoms with Crippen LogP contribution in [0.5, 0.6) is 0 Å². The number of amides is 1. The summed E-state index contributed by atoms with van der Waals surface area (Å²) >= 11 is 0. The van der Waals surface area contributed by atoms with E-state index in [2.05, 4.69) is 20.8 Å². The molecule has 1 amide bonds. The number of carbonyl (C=O) groups excluding carboxylic acids is 1. The Balaban J connectivity index is 2.66. The van der Waals surface area contributed by atoms with E-state index in [9.17, 15) is 4.79 Å². The highest BCUT2D eigenvalue weighted by atomic mass is 16.2. The van der Waals surface area contributed by atoms with Crippen molar-refractivity contribution in [3.05, 3.63) is 29.8 Å². The molecule has 0 aliphatic heterocycles. The number of rotatable bonds is 7. The van der Waals surface area contributed by atoms with Gasteiger partial charge in [0.05, 0.1) is 0 Å². The van der Waals surface area contributed by atoms with Crippen molar-refractivity contribution in [1.82, 2.24) is 0 Å². The van der Waals surface area contributed by atoms with Crippen LogP contribution in [0.4, 0.5) is 5.69 Å². The first-order valence-corrected chi connectivity index (χ1v) is 7.46. The van der Waals surface area contributed by atoms with E-state index in [-0.39, 0.29) is 11.3 Å². The van der Waals surface area contributed by atoms with Crippen LogP contribution in [-0.2, 0) is 4.79 Å². The monoisotopic (exact) mass is 276 g/mol. The SMILES string of the molecule is CCN(C(=O)CCC(C)(C)CCN)c1ccc(C)cc1. The Morgan fingerprint density at radius 2 is 1.80 bits per heavy atom. The molecule has 2 N–H and O–H groups in total. The third kappa shape index (κ3) is 4.97. The molecule has 1 aromatic rings. The molecule has 0 heterocycles. The zero-order valence-corrected chi connectivity index (χ0v) is 13.3. The van der Waals surface area contributed by atoms with E-state index >= 15 is 0 Å². The van der Waals surface area contributed by atoms with Gasteiger partial charge in [0, 0.05) is 18.7 Å². The van der Waals surface area contributed by atoms with Gasteiger partial charge < -0.3 is 10.6 Å². The first-order valence-electron chi connectivity index (χ1n) is 7.46. The molecule has 0 atom stereocenters. The Morgan fingerprint density at radius 3 is 2.30 bits per heavy atom. The normalized spacial score (nSPS) is 11.4. The van der Waals surface area contributed by atoms with Gasteiger partial charge in [-0.3, -0.25) is 4.79 Å². The first-order chi connectivity index (χ1) is 9.39. The van der Waals surface area contributed by atoms with Gasteiger partial charge in [0.15, 0.2) is 0 Å². The minimum Gasteiger partial charge on any atom is -0.330 e. The molecule has 0 fully saturated rings. The second kappa shape index (κ2) is 7.44. The summed E-state index contributed by atoms with van der Waals surface area (Å²) in [7, 11) is 0. The van der Waals surface area contributed by atoms with E-state index in [0.717, 1.165) is 18.5 Å². The predicted molar refractivity (Wildman–Crippen MR) is 85.9 cm³/mol. The van der Waals surface area contributed by atoms with Gasteiger partial charge in [0.25, 0.3) is 0 Å². The van der Waals surface area contributed by atoms with Crippen LogP contribution in [-0.4, -0.2) is 19.0 Å². The van der Waals surface area contributed by atoms with Gasteiger partial charge in [-0.15, -0.1) is 0 Å². The first kappa shape index (κ1) is 16.7. The van der Waals surface area contributed by atoms with Gasteiger partial charge in [-0.05, 0) is 50.8 Å². The van der Waals surface area contributed by atoms with Crippen LogP contribution in [0.3, 0.4) is 0 Å². The fraction of sp³-hybridized carbons (Fsp3) is 0.588. The highest BCUT2D eigenvalue weighted by Crippen LogP contribution is 2.27. The minimum absolute atomic E-state index is 0.136. The van der Waals surface area contributed by atoms with Crippen molar-refractivity contribution in [2.75, 3.05) is 18.0 Å². The van der Waals surface area contributed by atoms with E-state index < -0.39 is 0 Å². The Bertz CT molecular complexity index is 423. The molecule has 0 spiro atoms. The molecular weight excluding hydrogens is 248 g/mol. The fourth-order valence-electron chi connectivity index (χ4n) is 2.32. The molecule has 1 aromatic carbocycles. The van der Waals surface area contributed by atoms with E-state index in [1.54, 1.807) is 0 Å². The minimum atomic E-state index is 0.136. The summed E-state index contributed by atoms with van der Waals surface area (Å²) in [5.74, 6) is 0.196. The van der Waals surface area contributed by atoms with Crippen molar-refractivity contribution in [2.24, 2.45) is 11.1 Å². The largest absolute Gasteiger partial charge is 0.330 e. The van der Waals surface area contributed by atoms with Crippen molar-refractivity contribution >= 4 is 11.6 Å². The van der Waals surface area contributed by atoms with E-state index in [1.807, 2.05) is 36.1 Å². The molecule has 0 radical (unpaired) electrons. The molecule has 112 valence electrons. The van der Waals surface area contributed by atoms with E-state index in [1.165, 1.54) is 5.56 Å². The lowest BCUT2D eigenvalue weighted by Gasteiger charge is -2.26. The average Bonchev–Trinajstić information content (AvgIpc) is 2.39. The van der Waals surface area contributed by atoms with Gasteiger partial charge in [0.1, 0.15) is 0 Å². The van der Waals surface area contributed by atoms with Gasteiger partial charge in [-0.1, -0.05) is 31.5 Å². The molecular formula is C17H28N2O. The summed E-state index contributed by atoms with van der Waals surface area (Å²) < 4.78 is 0. The predicted octanol–water partition coefficient (Wildman–Crippen LogP) is 3.50. The number of nitrogens with two attached hydrogens (primary N) is 1. The third-order valence-electron chi connectivity index (χ3n) is 3.80. The molecule has 0 saturated carbocycles. The number of carbonyl (C=O) groups is 1. The van der Waals surface area contributed by atoms with Crippen LogP contribution in [0, 0.1) is 12.3 Å². The molecule has 0 unspecified atom stereocenters. The van der Waals surface area contributed by atoms with Crippen molar-refractivity contribution in [1.29, 1.82) is 0 Å². The summed E-state index contributed by atoms with van der Waals surface area (Å²) in [5, 5.41) is 0. The van der Waals surface area contributed by atoms with Crippen molar-refractivity contribution in [3.8, 4) is 0 Å². The number of aryl methyl sites for hydroxylation is 1. The molecule has 0 aromatic heterocycles. The number of benzene rings is 1. The van der Waals surface area contributed by atoms with Gasteiger partial charge in [0.2, 0.25) is 5.91 Å². The highest BCUT2D eigenvalue weighted by molar-refractivity contribution is 5.93. The second-order valence-electron chi connectivity index (χ2n) is 6.18. The Hall–Kier alpha value is -1.35. The van der Waals surface area contributed by atoms with Crippen molar-refractivity contribution < 1.29 is 4.79 Å². The quantitative estimate of drug-likeness (QED) is 0.828. The molecule has 0 bridgehead atoms. The van der Waals surface area contributed by atoms with Crippen LogP contribution in [0.2, 0.25) is 0 Å². The third-order valence-corrected chi connectivity index (χ3v) is 3.80. The molecule has 1 rings (SSSR count). The number of anilines is 1. The maximum Gasteiger partial charge on any atom is 0.226 e. The van der Waals surface area contributed by atoms with Crippen LogP contribution in [0.1, 0.15) is 45.6 Å². The maximum absolute atomic E-state index is 12.4. The summed E-state index contributed by atoms with van der Waals surface area (Å²) in [6, 6.07) is 8.12. The Kier molecular flexibility index (Phi) is 6.21. The van der Waals surface area contributed by atoms with Gasteiger partial charge in [-0.25, -0.2) is 0 Å². The molecule has 0 aliphatic rings. The second-order valence-corrected chi connectivity index (χ2v) is 6.18. The summed E-state index contributed by atoms with van der Waals surface area (Å²) in [6.07, 6.45) is 2.41. The summed E-state index contributed by atoms with van der Waals surface area (Å²) in [5.41, 5.74) is 7.95. The molecule has 3 heteroatoms. The van der Waals surface area contributed by atoms with Gasteiger partial charge >= 0.3 is 0 Å². The number of nitrogens with zero attached hydrogens (tertiary/aromatic N) is 1. The Labute approximate surface area is 123 Å². The lowest BCUT2D eigenvalue weighted by molar-refractivity contribution is -0.119. The van der Waals surface area contributed by atoms with Crippen molar-refractivity contribution in [2.45, 2.75) is 47.0 Å². The van der Waals surface area contributed by atoms with Crippen LogP contribution in [0.25, 0.3) is 0 Å². The summed E-state index contributed by atoms with van der Waals surface area (Å²) in [6.45, 7) is 9.81. The summed E-state index contributed by atoms with van der Waals surface area (Å²) in [4.78, 5) is 14.3. The zero-order chi connectivity index (χ0) is 15.2. The van der Waals surface area contributed by atoms with E-state index in [0.29, 0.717) is 19.5 Å². The lowest BCUT2D eigenvalue weighted by atomic mass is 9.84. The topological polar surface area (TPSA) is 46.3 Å². The fourth-order valence-corrected chi connectivity index (χ4v) is 2.32. The lowest BCUT2D eigenvalue weighted by Crippen LogP contribution is -2.31. The highest BCUT2D eigenvalue weighted by Gasteiger charge is 2.21. The van der Waals surface area contributed by atoms with Crippen LogP contribution in [0.15, 0.2) is 24.3 Å². The van der Waals surface area contributed by atoms with E-state index in [4.69, 9.17) is 5.73 Å². The van der Waals surface area contributed by atoms with Crippen molar-refractivity contribution in [3.63, 3.8) is 0 Å². The van der Waals surface area contributed by atoms with Crippen LogP contribution >= 0.6 is 0 Å². The number of hydrogen-bond acceptors (Lipinski definition) is 2.